The van der Waals surface area contributed by atoms with Gasteiger partial charge in [-0.25, -0.2) is 0 Å². The van der Waals surface area contributed by atoms with Crippen molar-refractivity contribution in [3.63, 3.8) is 0 Å². The lowest BCUT2D eigenvalue weighted by Gasteiger charge is -2.43. The topological polar surface area (TPSA) is 31.5 Å². The van der Waals surface area contributed by atoms with Gasteiger partial charge in [0.05, 0.1) is 12.2 Å². The minimum Gasteiger partial charge on any atom is -0.373 e. The molecule has 3 heterocycles. The van der Waals surface area contributed by atoms with Crippen LogP contribution in [0.15, 0.2) is 18.2 Å². The second kappa shape index (κ2) is 7.34. The molecule has 4 heteroatoms. The van der Waals surface area contributed by atoms with E-state index >= 15 is 0 Å². The molecule has 0 saturated carbocycles. The Morgan fingerprint density at radius 2 is 1.77 bits per heavy atom. The van der Waals surface area contributed by atoms with Crippen molar-refractivity contribution in [2.24, 2.45) is 0 Å². The summed E-state index contributed by atoms with van der Waals surface area (Å²) in [7, 11) is 0. The number of benzene rings is 1. The highest BCUT2D eigenvalue weighted by atomic mass is 16.5. The van der Waals surface area contributed by atoms with Crippen molar-refractivity contribution in [2.75, 3.05) is 26.2 Å². The molecule has 2 atom stereocenters. The number of ether oxygens (including phenoxy) is 1. The molecule has 0 amide bonds. The first-order valence-corrected chi connectivity index (χ1v) is 10.2. The van der Waals surface area contributed by atoms with Crippen LogP contribution in [0.3, 0.4) is 0 Å². The molecule has 1 aromatic heterocycles. The van der Waals surface area contributed by atoms with Gasteiger partial charge in [0.2, 0.25) is 0 Å². The lowest BCUT2D eigenvalue weighted by Crippen LogP contribution is -2.53. The first kappa shape index (κ1) is 18.0. The summed E-state index contributed by atoms with van der Waals surface area (Å²) in [6.45, 7) is 14.5. The number of aromatic amines is 1. The molecule has 2 aromatic rings. The third-order valence-electron chi connectivity index (χ3n) is 6.22. The van der Waals surface area contributed by atoms with Crippen LogP contribution in [0.4, 0.5) is 0 Å². The van der Waals surface area contributed by atoms with E-state index in [9.17, 15) is 0 Å². The predicted octanol–water partition coefficient (Wildman–Crippen LogP) is 3.86. The summed E-state index contributed by atoms with van der Waals surface area (Å²) in [4.78, 5) is 8.95. The van der Waals surface area contributed by atoms with Crippen molar-refractivity contribution >= 4 is 10.9 Å². The summed E-state index contributed by atoms with van der Waals surface area (Å²) in [5.74, 6) is 0. The zero-order valence-corrected chi connectivity index (χ0v) is 16.7. The molecule has 4 rings (SSSR count). The monoisotopic (exact) mass is 355 g/mol. The van der Waals surface area contributed by atoms with E-state index in [4.69, 9.17) is 4.74 Å². The van der Waals surface area contributed by atoms with E-state index in [1.807, 2.05) is 0 Å². The van der Waals surface area contributed by atoms with Crippen LogP contribution in [0.2, 0.25) is 0 Å². The Morgan fingerprint density at radius 3 is 2.46 bits per heavy atom. The van der Waals surface area contributed by atoms with Gasteiger partial charge in [0.15, 0.2) is 0 Å². The summed E-state index contributed by atoms with van der Waals surface area (Å²) >= 11 is 0. The Kier molecular flexibility index (Phi) is 5.09. The van der Waals surface area contributed by atoms with Gasteiger partial charge in [-0.15, -0.1) is 0 Å². The largest absolute Gasteiger partial charge is 0.373 e. The van der Waals surface area contributed by atoms with E-state index < -0.39 is 0 Å². The van der Waals surface area contributed by atoms with Gasteiger partial charge in [-0.3, -0.25) is 9.80 Å². The number of piperidine rings is 1. The van der Waals surface area contributed by atoms with Crippen LogP contribution in [0.5, 0.6) is 0 Å². The molecule has 0 radical (unpaired) electrons. The number of aryl methyl sites for hydroxylation is 2. The first-order valence-electron chi connectivity index (χ1n) is 10.2. The number of nitrogens with zero attached hydrogens (tertiary/aromatic N) is 2. The van der Waals surface area contributed by atoms with Gasteiger partial charge in [-0.2, -0.15) is 0 Å². The predicted molar refractivity (Wildman–Crippen MR) is 108 cm³/mol. The minimum absolute atomic E-state index is 0.370. The maximum atomic E-state index is 5.90. The molecule has 26 heavy (non-hydrogen) atoms. The van der Waals surface area contributed by atoms with Crippen molar-refractivity contribution in [2.45, 2.75) is 65.3 Å². The number of aromatic nitrogens is 1. The minimum atomic E-state index is 0.370. The molecule has 2 aliphatic heterocycles. The first-order chi connectivity index (χ1) is 12.5. The van der Waals surface area contributed by atoms with Gasteiger partial charge >= 0.3 is 0 Å². The quantitative estimate of drug-likeness (QED) is 0.907. The van der Waals surface area contributed by atoms with E-state index in [0.717, 1.165) is 25.7 Å². The van der Waals surface area contributed by atoms with Crippen LogP contribution in [0.1, 0.15) is 43.5 Å². The summed E-state index contributed by atoms with van der Waals surface area (Å²) in [5.41, 5.74) is 5.41. The number of fused-ring (bicyclic) bond motifs is 1. The number of hydrogen-bond acceptors (Lipinski definition) is 3. The molecule has 2 fully saturated rings. The number of nitrogens with one attached hydrogen (secondary N) is 1. The van der Waals surface area contributed by atoms with Gasteiger partial charge in [0, 0.05) is 55.4 Å². The second-order valence-electron chi connectivity index (χ2n) is 8.50. The van der Waals surface area contributed by atoms with E-state index in [-0.39, 0.29) is 0 Å². The normalized spacial score (nSPS) is 26.6. The molecule has 0 spiro atoms. The number of likely N-dealkylation sites (tertiary alicyclic amines) is 1. The van der Waals surface area contributed by atoms with Crippen molar-refractivity contribution in [1.82, 2.24) is 14.8 Å². The van der Waals surface area contributed by atoms with Crippen molar-refractivity contribution in [3.8, 4) is 0 Å². The highest BCUT2D eigenvalue weighted by molar-refractivity contribution is 5.85. The van der Waals surface area contributed by atoms with E-state index in [1.54, 1.807) is 0 Å². The number of morpholine rings is 1. The maximum absolute atomic E-state index is 5.90. The molecular weight excluding hydrogens is 322 g/mol. The lowest BCUT2D eigenvalue weighted by atomic mass is 10.0. The SMILES string of the molecule is Cc1ccc2[nH]c(CN3CCC(N4CC(C)OC(C)C4)CC3)c(C)c2c1. The summed E-state index contributed by atoms with van der Waals surface area (Å²) < 4.78 is 5.90. The Morgan fingerprint density at radius 1 is 1.08 bits per heavy atom. The van der Waals surface area contributed by atoms with Crippen LogP contribution in [-0.4, -0.2) is 59.2 Å². The van der Waals surface area contributed by atoms with Crippen molar-refractivity contribution < 1.29 is 4.74 Å². The zero-order valence-electron chi connectivity index (χ0n) is 16.7. The molecule has 1 aromatic carbocycles. The van der Waals surface area contributed by atoms with Gasteiger partial charge < -0.3 is 9.72 Å². The third kappa shape index (κ3) is 3.68. The van der Waals surface area contributed by atoms with Gasteiger partial charge in [-0.1, -0.05) is 11.6 Å². The molecule has 1 N–H and O–H groups in total. The summed E-state index contributed by atoms with van der Waals surface area (Å²) in [5, 5.41) is 1.38. The van der Waals surface area contributed by atoms with Crippen molar-refractivity contribution in [1.29, 1.82) is 0 Å². The highest BCUT2D eigenvalue weighted by Gasteiger charge is 2.30. The molecule has 0 aliphatic carbocycles. The number of rotatable bonds is 3. The van der Waals surface area contributed by atoms with Crippen LogP contribution < -0.4 is 0 Å². The van der Waals surface area contributed by atoms with E-state index in [2.05, 4.69) is 60.7 Å². The molecule has 2 aliphatic rings. The average Bonchev–Trinajstić information content (AvgIpc) is 2.90. The fourth-order valence-electron chi connectivity index (χ4n) is 4.84. The lowest BCUT2D eigenvalue weighted by molar-refractivity contribution is -0.0866. The highest BCUT2D eigenvalue weighted by Crippen LogP contribution is 2.26. The van der Waals surface area contributed by atoms with Gasteiger partial charge in [0.25, 0.3) is 0 Å². The van der Waals surface area contributed by atoms with Crippen LogP contribution in [0.25, 0.3) is 10.9 Å². The average molecular weight is 356 g/mol. The Labute approximate surface area is 157 Å². The van der Waals surface area contributed by atoms with Crippen LogP contribution in [-0.2, 0) is 11.3 Å². The Bertz CT molecular complexity index is 750. The van der Waals surface area contributed by atoms with Gasteiger partial charge in [-0.05, 0) is 58.2 Å². The summed E-state index contributed by atoms with van der Waals surface area (Å²) in [6.07, 6.45) is 3.29. The maximum Gasteiger partial charge on any atom is 0.0678 e. The molecule has 142 valence electrons. The third-order valence-corrected chi connectivity index (χ3v) is 6.22. The smallest absolute Gasteiger partial charge is 0.0678 e. The van der Waals surface area contributed by atoms with Crippen LogP contribution >= 0.6 is 0 Å². The van der Waals surface area contributed by atoms with Crippen molar-refractivity contribution in [3.05, 3.63) is 35.0 Å². The molecule has 4 nitrogen and oxygen atoms in total. The standard InChI is InChI=1S/C22H33N3O/c1-15-5-6-21-20(11-15)18(4)22(23-21)14-24-9-7-19(8-10-24)25-12-16(2)26-17(3)13-25/h5-6,11,16-17,19,23H,7-10,12-14H2,1-4H3. The molecule has 0 bridgehead atoms. The Balaban J connectivity index is 1.37. The number of H-pyrrole nitrogens is 1. The molecular formula is C22H33N3O. The van der Waals surface area contributed by atoms with E-state index in [0.29, 0.717) is 12.2 Å². The fourth-order valence-corrected chi connectivity index (χ4v) is 4.84. The van der Waals surface area contributed by atoms with Crippen LogP contribution in [0, 0.1) is 13.8 Å². The summed E-state index contributed by atoms with van der Waals surface area (Å²) in [6, 6.07) is 7.44. The number of hydrogen-bond donors (Lipinski definition) is 1. The van der Waals surface area contributed by atoms with E-state index in [1.165, 1.54) is 53.7 Å². The van der Waals surface area contributed by atoms with Gasteiger partial charge in [0.1, 0.15) is 0 Å². The zero-order chi connectivity index (χ0) is 18.3. The fraction of sp³-hybridized carbons (Fsp3) is 0.636. The molecule has 2 unspecified atom stereocenters. The second-order valence-corrected chi connectivity index (χ2v) is 8.50. The Hall–Kier alpha value is -1.36. The molecule has 2 saturated heterocycles.